The van der Waals surface area contributed by atoms with Gasteiger partial charge in [-0.1, -0.05) is 37.1 Å². The standard InChI is InChI=1S/C22H22N2O5/c25-19(9-3-1-2-4-10-20(26)24-29)23-14-11-12-17-18(13-14)22(28)16-8-6-5-7-15(16)21(17)27/h5-8,11-13,29H,1-4,9-10H2,(H,23,25)(H,24,26). The first-order valence-electron chi connectivity index (χ1n) is 9.56. The zero-order valence-corrected chi connectivity index (χ0v) is 15.9. The summed E-state index contributed by atoms with van der Waals surface area (Å²) in [5.41, 5.74) is 3.49. The van der Waals surface area contributed by atoms with Crippen LogP contribution in [0.5, 0.6) is 0 Å². The number of anilines is 1. The van der Waals surface area contributed by atoms with Crippen molar-refractivity contribution in [3.8, 4) is 0 Å². The van der Waals surface area contributed by atoms with Gasteiger partial charge in [0.05, 0.1) is 0 Å². The number of ketones is 2. The van der Waals surface area contributed by atoms with Crippen molar-refractivity contribution in [3.63, 3.8) is 0 Å². The van der Waals surface area contributed by atoms with Gasteiger partial charge in [-0.25, -0.2) is 5.48 Å². The average Bonchev–Trinajstić information content (AvgIpc) is 2.74. The Kier molecular flexibility index (Phi) is 6.51. The van der Waals surface area contributed by atoms with E-state index in [2.05, 4.69) is 5.32 Å². The summed E-state index contributed by atoms with van der Waals surface area (Å²) in [5.74, 6) is -1.000. The van der Waals surface area contributed by atoms with Gasteiger partial charge in [0.2, 0.25) is 11.8 Å². The van der Waals surface area contributed by atoms with Crippen LogP contribution in [0, 0.1) is 0 Å². The van der Waals surface area contributed by atoms with E-state index in [4.69, 9.17) is 5.21 Å². The molecule has 0 heterocycles. The van der Waals surface area contributed by atoms with Crippen LogP contribution < -0.4 is 10.8 Å². The van der Waals surface area contributed by atoms with E-state index < -0.39 is 5.91 Å². The largest absolute Gasteiger partial charge is 0.326 e. The third-order valence-electron chi connectivity index (χ3n) is 4.89. The number of nitrogens with one attached hydrogen (secondary N) is 2. The lowest BCUT2D eigenvalue weighted by molar-refractivity contribution is -0.129. The van der Waals surface area contributed by atoms with Crippen LogP contribution in [0.25, 0.3) is 0 Å². The Balaban J connectivity index is 1.55. The highest BCUT2D eigenvalue weighted by atomic mass is 16.5. The summed E-state index contributed by atoms with van der Waals surface area (Å²) in [6.45, 7) is 0. The molecule has 3 rings (SSSR count). The van der Waals surface area contributed by atoms with Crippen molar-refractivity contribution in [1.82, 2.24) is 5.48 Å². The van der Waals surface area contributed by atoms with Crippen molar-refractivity contribution >= 4 is 29.1 Å². The molecule has 0 bridgehead atoms. The molecule has 0 fully saturated rings. The van der Waals surface area contributed by atoms with Crippen molar-refractivity contribution in [2.45, 2.75) is 38.5 Å². The topological polar surface area (TPSA) is 113 Å². The molecular weight excluding hydrogens is 372 g/mol. The SMILES string of the molecule is O=C(CCCCCCC(=O)Nc1ccc2c(c1)C(=O)c1ccccc1C2=O)NO. The number of carbonyl (C=O) groups is 4. The highest BCUT2D eigenvalue weighted by molar-refractivity contribution is 6.28. The Morgan fingerprint density at radius 3 is 1.90 bits per heavy atom. The number of amides is 2. The van der Waals surface area contributed by atoms with Gasteiger partial charge in [0.1, 0.15) is 0 Å². The molecule has 2 aromatic carbocycles. The zero-order valence-electron chi connectivity index (χ0n) is 15.9. The normalized spacial score (nSPS) is 12.2. The first-order valence-corrected chi connectivity index (χ1v) is 9.56. The van der Waals surface area contributed by atoms with Gasteiger partial charge >= 0.3 is 0 Å². The third-order valence-corrected chi connectivity index (χ3v) is 4.89. The summed E-state index contributed by atoms with van der Waals surface area (Å²) in [6.07, 6.45) is 3.47. The highest BCUT2D eigenvalue weighted by Crippen LogP contribution is 2.29. The molecule has 0 saturated heterocycles. The Morgan fingerprint density at radius 1 is 0.724 bits per heavy atom. The Hall–Kier alpha value is -3.32. The first kappa shape index (κ1) is 20.4. The summed E-state index contributed by atoms with van der Waals surface area (Å²) in [6, 6.07) is 11.5. The van der Waals surface area contributed by atoms with Crippen LogP contribution in [0.2, 0.25) is 0 Å². The third kappa shape index (κ3) is 4.75. The monoisotopic (exact) mass is 394 g/mol. The lowest BCUT2D eigenvalue weighted by atomic mass is 9.84. The lowest BCUT2D eigenvalue weighted by Crippen LogP contribution is -2.21. The quantitative estimate of drug-likeness (QED) is 0.308. The molecule has 2 aromatic rings. The van der Waals surface area contributed by atoms with Crippen LogP contribution in [-0.2, 0) is 9.59 Å². The molecule has 3 N–H and O–H groups in total. The van der Waals surface area contributed by atoms with Gasteiger partial charge in [0, 0.05) is 40.8 Å². The highest BCUT2D eigenvalue weighted by Gasteiger charge is 2.29. The summed E-state index contributed by atoms with van der Waals surface area (Å²) in [5, 5.41) is 11.2. The van der Waals surface area contributed by atoms with E-state index in [0.29, 0.717) is 47.2 Å². The Bertz CT molecular complexity index is 967. The number of benzene rings is 2. The molecule has 1 aliphatic carbocycles. The number of hydrogen-bond acceptors (Lipinski definition) is 5. The molecule has 0 aromatic heterocycles. The molecule has 0 atom stereocenters. The average molecular weight is 394 g/mol. The van der Waals surface area contributed by atoms with Gasteiger partial charge in [-0.15, -0.1) is 0 Å². The molecule has 0 radical (unpaired) electrons. The smallest absolute Gasteiger partial charge is 0.243 e. The number of fused-ring (bicyclic) bond motifs is 2. The lowest BCUT2D eigenvalue weighted by Gasteiger charge is -2.18. The molecule has 29 heavy (non-hydrogen) atoms. The van der Waals surface area contributed by atoms with Crippen LogP contribution >= 0.6 is 0 Å². The van der Waals surface area contributed by atoms with Gasteiger partial charge in [-0.3, -0.25) is 24.4 Å². The van der Waals surface area contributed by atoms with Gasteiger partial charge in [-0.05, 0) is 31.0 Å². The maximum absolute atomic E-state index is 12.7. The number of hydroxylamine groups is 1. The molecule has 1 aliphatic rings. The zero-order chi connectivity index (χ0) is 20.8. The Morgan fingerprint density at radius 2 is 1.28 bits per heavy atom. The van der Waals surface area contributed by atoms with Crippen LogP contribution in [-0.4, -0.2) is 28.6 Å². The van der Waals surface area contributed by atoms with E-state index in [9.17, 15) is 19.2 Å². The van der Waals surface area contributed by atoms with E-state index in [1.54, 1.807) is 47.9 Å². The van der Waals surface area contributed by atoms with Crippen molar-refractivity contribution in [2.24, 2.45) is 0 Å². The second kappa shape index (κ2) is 9.25. The molecule has 150 valence electrons. The fourth-order valence-electron chi connectivity index (χ4n) is 3.38. The van der Waals surface area contributed by atoms with Crippen molar-refractivity contribution in [1.29, 1.82) is 0 Å². The number of rotatable bonds is 8. The molecular formula is C22H22N2O5. The van der Waals surface area contributed by atoms with Gasteiger partial charge < -0.3 is 5.32 Å². The fourth-order valence-corrected chi connectivity index (χ4v) is 3.38. The van der Waals surface area contributed by atoms with Crippen molar-refractivity contribution < 1.29 is 24.4 Å². The Labute approximate surface area is 168 Å². The molecule has 0 unspecified atom stereocenters. The molecule has 0 aliphatic heterocycles. The summed E-state index contributed by atoms with van der Waals surface area (Å²) in [7, 11) is 0. The first-order chi connectivity index (χ1) is 14.0. The molecule has 2 amide bonds. The minimum absolute atomic E-state index is 0.173. The van der Waals surface area contributed by atoms with Gasteiger partial charge in [-0.2, -0.15) is 0 Å². The van der Waals surface area contributed by atoms with Crippen LogP contribution in [0.1, 0.15) is 70.4 Å². The van der Waals surface area contributed by atoms with Crippen molar-refractivity contribution in [2.75, 3.05) is 5.32 Å². The molecule has 0 saturated carbocycles. The maximum atomic E-state index is 12.7. The predicted molar refractivity (Wildman–Crippen MR) is 106 cm³/mol. The molecule has 7 nitrogen and oxygen atoms in total. The molecule has 0 spiro atoms. The number of carbonyl (C=O) groups excluding carboxylic acids is 4. The number of hydrogen-bond donors (Lipinski definition) is 3. The van der Waals surface area contributed by atoms with Crippen LogP contribution in [0.15, 0.2) is 42.5 Å². The van der Waals surface area contributed by atoms with E-state index in [0.717, 1.165) is 12.8 Å². The fraction of sp³-hybridized carbons (Fsp3) is 0.273. The predicted octanol–water partition coefficient (Wildman–Crippen LogP) is 3.25. The molecule has 7 heteroatoms. The van der Waals surface area contributed by atoms with Crippen LogP contribution in [0.3, 0.4) is 0 Å². The van der Waals surface area contributed by atoms with Crippen molar-refractivity contribution in [3.05, 3.63) is 64.7 Å². The van der Waals surface area contributed by atoms with Gasteiger partial charge in [0.15, 0.2) is 11.6 Å². The minimum Gasteiger partial charge on any atom is -0.326 e. The van der Waals surface area contributed by atoms with Gasteiger partial charge in [0.25, 0.3) is 0 Å². The van der Waals surface area contributed by atoms with E-state index >= 15 is 0 Å². The maximum Gasteiger partial charge on any atom is 0.243 e. The second-order valence-electron chi connectivity index (χ2n) is 6.96. The second-order valence-corrected chi connectivity index (χ2v) is 6.96. The van der Waals surface area contributed by atoms with E-state index in [-0.39, 0.29) is 23.9 Å². The summed E-state index contributed by atoms with van der Waals surface area (Å²) < 4.78 is 0. The number of unbranched alkanes of at least 4 members (excludes halogenated alkanes) is 3. The van der Waals surface area contributed by atoms with E-state index in [1.807, 2.05) is 0 Å². The minimum atomic E-state index is -0.411. The summed E-state index contributed by atoms with van der Waals surface area (Å²) >= 11 is 0. The van der Waals surface area contributed by atoms with Crippen LogP contribution in [0.4, 0.5) is 5.69 Å². The summed E-state index contributed by atoms with van der Waals surface area (Å²) in [4.78, 5) is 48.4. The van der Waals surface area contributed by atoms with E-state index in [1.165, 1.54) is 0 Å².